The van der Waals surface area contributed by atoms with E-state index in [9.17, 15) is 14.7 Å². The lowest BCUT2D eigenvalue weighted by molar-refractivity contribution is -0.119. The fourth-order valence-corrected chi connectivity index (χ4v) is 3.91. The summed E-state index contributed by atoms with van der Waals surface area (Å²) in [4.78, 5) is 25.8. The van der Waals surface area contributed by atoms with Crippen LogP contribution in [0, 0.1) is 0 Å². The van der Waals surface area contributed by atoms with Crippen molar-refractivity contribution in [2.45, 2.75) is 31.5 Å². The molecule has 2 heterocycles. The minimum atomic E-state index is -0.626. The maximum absolute atomic E-state index is 12.8. The summed E-state index contributed by atoms with van der Waals surface area (Å²) in [6, 6.07) is 11.9. The van der Waals surface area contributed by atoms with Gasteiger partial charge in [-0.15, -0.1) is 0 Å². The van der Waals surface area contributed by atoms with Crippen molar-refractivity contribution in [3.05, 3.63) is 53.6 Å². The number of fused-ring (bicyclic) bond motifs is 1. The minimum Gasteiger partial charge on any atom is -0.484 e. The number of likely N-dealkylation sites (tertiary alicyclic amines) is 1. The van der Waals surface area contributed by atoms with Crippen LogP contribution < -0.4 is 25.3 Å². The maximum Gasteiger partial charge on any atom is 0.255 e. The lowest BCUT2D eigenvalue weighted by atomic mass is 10.1. The minimum absolute atomic E-state index is 0.223. The first-order valence-corrected chi connectivity index (χ1v) is 10.6. The Kier molecular flexibility index (Phi) is 6.77. The average Bonchev–Trinajstić information content (AvgIpc) is 3.18. The predicted octanol–water partition coefficient (Wildman–Crippen LogP) is 1.03. The summed E-state index contributed by atoms with van der Waals surface area (Å²) in [5.74, 6) is 1.09. The van der Waals surface area contributed by atoms with Crippen LogP contribution in [-0.4, -0.2) is 60.5 Å². The summed E-state index contributed by atoms with van der Waals surface area (Å²) in [5.41, 5.74) is 6.59. The van der Waals surface area contributed by atoms with Crippen molar-refractivity contribution in [1.29, 1.82) is 0 Å². The highest BCUT2D eigenvalue weighted by atomic mass is 16.7. The highest BCUT2D eigenvalue weighted by Crippen LogP contribution is 2.33. The van der Waals surface area contributed by atoms with E-state index in [-0.39, 0.29) is 19.3 Å². The Hall–Kier alpha value is -3.30. The maximum atomic E-state index is 12.8. The smallest absolute Gasteiger partial charge is 0.255 e. The van der Waals surface area contributed by atoms with Gasteiger partial charge < -0.3 is 30.4 Å². The van der Waals surface area contributed by atoms with Crippen LogP contribution >= 0.6 is 0 Å². The van der Waals surface area contributed by atoms with E-state index in [1.54, 1.807) is 24.3 Å². The number of benzene rings is 2. The molecule has 1 saturated heterocycles. The molecule has 1 fully saturated rings. The van der Waals surface area contributed by atoms with Crippen LogP contribution in [0.15, 0.2) is 42.5 Å². The van der Waals surface area contributed by atoms with Gasteiger partial charge in [0, 0.05) is 18.7 Å². The Morgan fingerprint density at radius 1 is 1.16 bits per heavy atom. The normalized spacial score (nSPS) is 20.4. The molecular formula is C23H27N3O6. The molecule has 0 radical (unpaired) electrons. The van der Waals surface area contributed by atoms with Crippen molar-refractivity contribution in [2.24, 2.45) is 5.73 Å². The Morgan fingerprint density at radius 2 is 1.94 bits per heavy atom. The number of nitrogens with two attached hydrogens (primary N) is 1. The lowest BCUT2D eigenvalue weighted by Gasteiger charge is -2.27. The number of nitrogens with one attached hydrogen (secondary N) is 1. The molecular weight excluding hydrogens is 414 g/mol. The molecule has 0 bridgehead atoms. The van der Waals surface area contributed by atoms with Crippen LogP contribution in [0.2, 0.25) is 0 Å². The van der Waals surface area contributed by atoms with Crippen LogP contribution in [0.5, 0.6) is 17.2 Å². The Morgan fingerprint density at radius 3 is 2.72 bits per heavy atom. The molecule has 9 nitrogen and oxygen atoms in total. The first-order valence-electron chi connectivity index (χ1n) is 10.6. The molecule has 9 heteroatoms. The summed E-state index contributed by atoms with van der Waals surface area (Å²) < 4.78 is 16.0. The molecule has 2 aliphatic rings. The van der Waals surface area contributed by atoms with Crippen LogP contribution in [-0.2, 0) is 11.3 Å². The number of ether oxygens (including phenoxy) is 3. The Labute approximate surface area is 186 Å². The van der Waals surface area contributed by atoms with E-state index < -0.39 is 18.1 Å². The van der Waals surface area contributed by atoms with Gasteiger partial charge in [0.2, 0.25) is 6.79 Å². The summed E-state index contributed by atoms with van der Waals surface area (Å²) in [7, 11) is 0. The second kappa shape index (κ2) is 9.88. The van der Waals surface area contributed by atoms with E-state index in [0.717, 1.165) is 30.0 Å². The van der Waals surface area contributed by atoms with Gasteiger partial charge in [-0.05, 0) is 61.3 Å². The fourth-order valence-electron chi connectivity index (χ4n) is 3.91. The number of amides is 2. The van der Waals surface area contributed by atoms with Gasteiger partial charge in [-0.3, -0.25) is 14.5 Å². The molecule has 4 N–H and O–H groups in total. The molecule has 2 aromatic rings. The van der Waals surface area contributed by atoms with Crippen LogP contribution in [0.1, 0.15) is 28.8 Å². The molecule has 170 valence electrons. The van der Waals surface area contributed by atoms with Gasteiger partial charge in [0.1, 0.15) is 5.75 Å². The van der Waals surface area contributed by atoms with Crippen LogP contribution in [0.3, 0.4) is 0 Å². The molecule has 0 aromatic heterocycles. The van der Waals surface area contributed by atoms with E-state index >= 15 is 0 Å². The first-order chi connectivity index (χ1) is 15.5. The largest absolute Gasteiger partial charge is 0.484 e. The van der Waals surface area contributed by atoms with E-state index in [1.165, 1.54) is 0 Å². The predicted molar refractivity (Wildman–Crippen MR) is 115 cm³/mol. The fraction of sp³-hybridized carbons (Fsp3) is 0.391. The molecule has 32 heavy (non-hydrogen) atoms. The number of aliphatic hydroxyl groups excluding tert-OH is 1. The van der Waals surface area contributed by atoms with Crippen molar-refractivity contribution < 1.29 is 28.9 Å². The monoisotopic (exact) mass is 441 g/mol. The number of rotatable bonds is 7. The van der Waals surface area contributed by atoms with Gasteiger partial charge in [0.15, 0.2) is 18.1 Å². The van der Waals surface area contributed by atoms with Gasteiger partial charge >= 0.3 is 0 Å². The number of hydrogen-bond acceptors (Lipinski definition) is 7. The zero-order valence-corrected chi connectivity index (χ0v) is 17.7. The molecule has 2 aromatic carbocycles. The third-order valence-electron chi connectivity index (χ3n) is 5.55. The van der Waals surface area contributed by atoms with Gasteiger partial charge in [0.25, 0.3) is 11.8 Å². The number of primary amides is 1. The quantitative estimate of drug-likeness (QED) is 0.586. The molecule has 2 unspecified atom stereocenters. The topological polar surface area (TPSA) is 123 Å². The Bertz CT molecular complexity index is 965. The van der Waals surface area contributed by atoms with Crippen molar-refractivity contribution in [1.82, 2.24) is 10.2 Å². The van der Waals surface area contributed by atoms with Crippen LogP contribution in [0.4, 0.5) is 0 Å². The van der Waals surface area contributed by atoms with E-state index in [2.05, 4.69) is 10.2 Å². The van der Waals surface area contributed by atoms with Crippen molar-refractivity contribution in [2.75, 3.05) is 26.5 Å². The second-order valence-electron chi connectivity index (χ2n) is 7.99. The summed E-state index contributed by atoms with van der Waals surface area (Å²) >= 11 is 0. The van der Waals surface area contributed by atoms with Crippen LogP contribution in [0.25, 0.3) is 0 Å². The lowest BCUT2D eigenvalue weighted by Crippen LogP contribution is -2.48. The number of carbonyl (C=O) groups is 2. The third-order valence-corrected chi connectivity index (χ3v) is 5.55. The second-order valence-corrected chi connectivity index (χ2v) is 7.99. The SMILES string of the molecule is NC(=O)COc1ccc(C(=O)NC2CN(Cc3ccc4c(c3)OCO4)CCCC2O)cc1. The summed E-state index contributed by atoms with van der Waals surface area (Å²) in [6.07, 6.45) is 0.825. The van der Waals surface area contributed by atoms with E-state index in [0.29, 0.717) is 30.8 Å². The van der Waals surface area contributed by atoms with Crippen molar-refractivity contribution in [3.8, 4) is 17.2 Å². The molecule has 0 saturated carbocycles. The third kappa shape index (κ3) is 5.49. The number of hydrogen-bond donors (Lipinski definition) is 3. The highest BCUT2D eigenvalue weighted by Gasteiger charge is 2.27. The zero-order chi connectivity index (χ0) is 22.5. The van der Waals surface area contributed by atoms with E-state index in [1.807, 2.05) is 18.2 Å². The number of carbonyl (C=O) groups excluding carboxylic acids is 2. The van der Waals surface area contributed by atoms with Crippen molar-refractivity contribution in [3.63, 3.8) is 0 Å². The van der Waals surface area contributed by atoms with Crippen molar-refractivity contribution >= 4 is 11.8 Å². The van der Waals surface area contributed by atoms with Gasteiger partial charge in [-0.1, -0.05) is 6.07 Å². The number of nitrogens with zero attached hydrogens (tertiary/aromatic N) is 1. The molecule has 0 aliphatic carbocycles. The Balaban J connectivity index is 1.37. The highest BCUT2D eigenvalue weighted by molar-refractivity contribution is 5.94. The average molecular weight is 441 g/mol. The molecule has 0 spiro atoms. The van der Waals surface area contributed by atoms with Gasteiger partial charge in [-0.2, -0.15) is 0 Å². The molecule has 2 amide bonds. The number of aliphatic hydroxyl groups is 1. The molecule has 2 atom stereocenters. The first kappa shape index (κ1) is 21.9. The molecule has 2 aliphatic heterocycles. The van der Waals surface area contributed by atoms with E-state index in [4.69, 9.17) is 19.9 Å². The summed E-state index contributed by atoms with van der Waals surface area (Å²) in [6.45, 7) is 2.05. The zero-order valence-electron chi connectivity index (χ0n) is 17.7. The summed E-state index contributed by atoms with van der Waals surface area (Å²) in [5, 5.41) is 13.5. The molecule has 4 rings (SSSR count). The standard InChI is InChI=1S/C23H27N3O6/c24-22(28)13-30-17-6-4-16(5-7-17)23(29)25-18-12-26(9-1-2-19(18)27)11-15-3-8-20-21(10-15)32-14-31-20/h3-8,10,18-19,27H,1-2,9,11-14H2,(H2,24,28)(H,25,29). The van der Waals surface area contributed by atoms with Gasteiger partial charge in [0.05, 0.1) is 12.1 Å². The van der Waals surface area contributed by atoms with Gasteiger partial charge in [-0.25, -0.2) is 0 Å².